The van der Waals surface area contributed by atoms with Gasteiger partial charge in [-0.3, -0.25) is 9.78 Å². The van der Waals surface area contributed by atoms with E-state index in [1.807, 2.05) is 6.92 Å². The minimum absolute atomic E-state index is 0.0868. The Hall–Kier alpha value is -4.30. The molecule has 2 aromatic heterocycles. The van der Waals surface area contributed by atoms with E-state index in [0.29, 0.717) is 64.1 Å². The number of rotatable bonds is 6. The zero-order chi connectivity index (χ0) is 28.8. The highest BCUT2D eigenvalue weighted by Gasteiger charge is 2.49. The van der Waals surface area contributed by atoms with Crippen molar-refractivity contribution < 1.29 is 23.1 Å². The van der Waals surface area contributed by atoms with Gasteiger partial charge in [0.05, 0.1) is 28.5 Å². The van der Waals surface area contributed by atoms with E-state index in [9.17, 15) is 28.3 Å². The zero-order valence-corrected chi connectivity index (χ0v) is 22.2. The molecule has 0 aliphatic carbocycles. The molecule has 1 fully saturated rings. The van der Waals surface area contributed by atoms with Crippen LogP contribution in [-0.2, 0) is 36.5 Å². The maximum absolute atomic E-state index is 13.1. The lowest BCUT2D eigenvalue weighted by atomic mass is 9.74. The lowest BCUT2D eigenvalue weighted by molar-refractivity contribution is -0.143. The predicted molar refractivity (Wildman–Crippen MR) is 140 cm³/mol. The first-order chi connectivity index (χ1) is 19.0. The van der Waals surface area contributed by atoms with Gasteiger partial charge in [0.2, 0.25) is 5.91 Å². The van der Waals surface area contributed by atoms with Crippen molar-refractivity contribution in [3.05, 3.63) is 87.9 Å². The molecule has 5 rings (SSSR count). The van der Waals surface area contributed by atoms with E-state index in [1.165, 1.54) is 29.9 Å². The number of benzene rings is 2. The summed E-state index contributed by atoms with van der Waals surface area (Å²) in [6.45, 7) is 4.06. The molecule has 8 nitrogen and oxygen atoms in total. The number of halogens is 3. The largest absolute Gasteiger partial charge is 0.416 e. The monoisotopic (exact) mass is 548 g/mol. The van der Waals surface area contributed by atoms with E-state index in [4.69, 9.17) is 4.98 Å². The summed E-state index contributed by atoms with van der Waals surface area (Å²) in [5.74, 6) is -0.428. The van der Waals surface area contributed by atoms with Crippen LogP contribution in [0.15, 0.2) is 48.7 Å². The summed E-state index contributed by atoms with van der Waals surface area (Å²) in [7, 11) is 1.67. The highest BCUT2D eigenvalue weighted by atomic mass is 19.4. The summed E-state index contributed by atoms with van der Waals surface area (Å²) in [5.41, 5.74) is 1.51. The topological polar surface area (TPSA) is 108 Å². The van der Waals surface area contributed by atoms with Crippen LogP contribution >= 0.6 is 0 Å². The Bertz CT molecular complexity index is 1630. The lowest BCUT2D eigenvalue weighted by Crippen LogP contribution is -2.58. The third-order valence-corrected chi connectivity index (χ3v) is 7.74. The number of hydrogen-bond donors (Lipinski definition) is 1. The van der Waals surface area contributed by atoms with Gasteiger partial charge >= 0.3 is 6.18 Å². The highest BCUT2D eigenvalue weighted by molar-refractivity contribution is 5.87. The van der Waals surface area contributed by atoms with Crippen molar-refractivity contribution in [2.45, 2.75) is 38.5 Å². The van der Waals surface area contributed by atoms with Crippen LogP contribution in [0.4, 0.5) is 13.2 Å². The van der Waals surface area contributed by atoms with Crippen molar-refractivity contribution in [2.24, 2.45) is 13.0 Å². The molecule has 1 atom stereocenters. The van der Waals surface area contributed by atoms with Crippen molar-refractivity contribution in [2.75, 3.05) is 13.1 Å². The Morgan fingerprint density at radius 3 is 2.38 bits per heavy atom. The Balaban J connectivity index is 1.63. The molecule has 0 saturated carbocycles. The van der Waals surface area contributed by atoms with Gasteiger partial charge in [-0.15, -0.1) is 5.10 Å². The number of aliphatic hydroxyl groups is 1. The number of fused-ring (bicyclic) bond motifs is 1. The Labute approximate surface area is 228 Å². The first-order valence-electron chi connectivity index (χ1n) is 12.8. The second kappa shape index (κ2) is 10.0. The van der Waals surface area contributed by atoms with Crippen LogP contribution in [0, 0.1) is 17.2 Å². The number of amides is 1. The third-order valence-electron chi connectivity index (χ3n) is 7.74. The smallest absolute Gasteiger partial charge is 0.378 e. The van der Waals surface area contributed by atoms with E-state index >= 15 is 0 Å². The first-order valence-corrected chi connectivity index (χ1v) is 12.8. The van der Waals surface area contributed by atoms with Crippen LogP contribution in [0.25, 0.3) is 10.9 Å². The zero-order valence-electron chi connectivity index (χ0n) is 22.2. The molecule has 3 heterocycles. The molecule has 1 aliphatic heterocycles. The summed E-state index contributed by atoms with van der Waals surface area (Å²) in [6, 6.07) is 12.4. The summed E-state index contributed by atoms with van der Waals surface area (Å²) in [4.78, 5) is 18.3. The number of likely N-dealkylation sites (tertiary alicyclic amines) is 1. The number of nitriles is 1. The van der Waals surface area contributed by atoms with Gasteiger partial charge in [-0.25, -0.2) is 4.68 Å². The second-order valence-corrected chi connectivity index (χ2v) is 10.1. The van der Waals surface area contributed by atoms with Crippen molar-refractivity contribution in [1.29, 1.82) is 5.26 Å². The predicted octanol–water partition coefficient (Wildman–Crippen LogP) is 4.12. The van der Waals surface area contributed by atoms with Gasteiger partial charge in [0.25, 0.3) is 0 Å². The van der Waals surface area contributed by atoms with Crippen molar-refractivity contribution in [3.8, 4) is 6.07 Å². The quantitative estimate of drug-likeness (QED) is 0.389. The summed E-state index contributed by atoms with van der Waals surface area (Å²) < 4.78 is 40.7. The maximum atomic E-state index is 13.1. The third kappa shape index (κ3) is 4.58. The molecule has 1 aliphatic rings. The normalized spacial score (nSPS) is 15.5. The molecule has 1 unspecified atom stereocenters. The Kier molecular flexibility index (Phi) is 6.84. The van der Waals surface area contributed by atoms with Gasteiger partial charge in [-0.2, -0.15) is 18.4 Å². The number of alkyl halides is 3. The van der Waals surface area contributed by atoms with Gasteiger partial charge in [-0.05, 0) is 47.4 Å². The summed E-state index contributed by atoms with van der Waals surface area (Å²) in [6.07, 6.45) is -2.20. The first kappa shape index (κ1) is 27.3. The van der Waals surface area contributed by atoms with Crippen LogP contribution in [0.5, 0.6) is 0 Å². The summed E-state index contributed by atoms with van der Waals surface area (Å²) in [5, 5.41) is 31.0. The van der Waals surface area contributed by atoms with E-state index in [1.54, 1.807) is 30.1 Å². The fourth-order valence-electron chi connectivity index (χ4n) is 5.44. The van der Waals surface area contributed by atoms with Crippen LogP contribution in [0.2, 0.25) is 0 Å². The van der Waals surface area contributed by atoms with E-state index in [2.05, 4.69) is 16.4 Å². The van der Waals surface area contributed by atoms with Gasteiger partial charge < -0.3 is 10.0 Å². The fourth-order valence-corrected chi connectivity index (χ4v) is 5.44. The van der Waals surface area contributed by atoms with Crippen LogP contribution in [0.3, 0.4) is 0 Å². The Morgan fingerprint density at radius 2 is 1.82 bits per heavy atom. The molecule has 1 saturated heterocycles. The number of nitrogens with zero attached hydrogens (tertiary/aromatic N) is 6. The minimum atomic E-state index is -4.44. The molecule has 40 heavy (non-hydrogen) atoms. The number of carbonyl (C=O) groups is 1. The molecule has 1 N–H and O–H groups in total. The number of aromatic nitrogens is 4. The molecule has 1 amide bonds. The molecule has 4 aromatic rings. The molecule has 206 valence electrons. The number of carbonyl (C=O) groups excluding carboxylic acids is 1. The van der Waals surface area contributed by atoms with Gasteiger partial charge in [-0.1, -0.05) is 30.3 Å². The van der Waals surface area contributed by atoms with Crippen LogP contribution in [0.1, 0.15) is 53.1 Å². The van der Waals surface area contributed by atoms with Crippen LogP contribution in [-0.4, -0.2) is 49.0 Å². The van der Waals surface area contributed by atoms with Crippen molar-refractivity contribution >= 4 is 16.8 Å². The average molecular weight is 549 g/mol. The minimum Gasteiger partial charge on any atom is -0.378 e. The molecular weight excluding hydrogens is 521 g/mol. The number of pyridine rings is 1. The van der Waals surface area contributed by atoms with Gasteiger partial charge in [0, 0.05) is 50.5 Å². The van der Waals surface area contributed by atoms with E-state index in [0.717, 1.165) is 12.1 Å². The number of aryl methyl sites for hydroxylation is 2. The van der Waals surface area contributed by atoms with Crippen molar-refractivity contribution in [1.82, 2.24) is 24.9 Å². The molecule has 0 bridgehead atoms. The molecule has 0 spiro atoms. The fraction of sp³-hybridized carbons (Fsp3) is 0.345. The van der Waals surface area contributed by atoms with Crippen molar-refractivity contribution in [3.63, 3.8) is 0 Å². The average Bonchev–Trinajstić information content (AvgIpc) is 3.32. The van der Waals surface area contributed by atoms with Crippen LogP contribution < -0.4 is 0 Å². The van der Waals surface area contributed by atoms with E-state index in [-0.39, 0.29) is 18.2 Å². The molecule has 11 heteroatoms. The molecule has 2 aromatic carbocycles. The van der Waals surface area contributed by atoms with Gasteiger partial charge in [0.15, 0.2) is 0 Å². The molecule has 0 radical (unpaired) electrons. The summed E-state index contributed by atoms with van der Waals surface area (Å²) >= 11 is 0. The maximum Gasteiger partial charge on any atom is 0.416 e. The number of hydrogen-bond acceptors (Lipinski definition) is 6. The highest BCUT2D eigenvalue weighted by Crippen LogP contribution is 2.42. The molecular formula is C29H27F3N6O2. The standard InChI is InChI=1S/C29H27F3N6O2/c1-4-25-22(11-18-5-7-19(8-6-18)29(30,31)32)24(13-33)23-12-20(9-10-26(23)35-25)28(40,27-14-34-36-37(27)3)21-15-38(16-21)17(2)39/h5-10,12,14,21,40H,4,11,15-16H2,1-3H3. The van der Waals surface area contributed by atoms with Gasteiger partial charge in [0.1, 0.15) is 11.7 Å². The van der Waals surface area contributed by atoms with E-state index < -0.39 is 17.3 Å². The SMILES string of the molecule is CCc1nc2ccc(C(O)(c3cnnn3C)C3CN(C(C)=O)C3)cc2c(C#N)c1Cc1ccc(C(F)(F)F)cc1. The Morgan fingerprint density at radius 1 is 1.15 bits per heavy atom. The second-order valence-electron chi connectivity index (χ2n) is 10.1. The lowest BCUT2D eigenvalue weighted by Gasteiger charge is -2.47.